The zero-order valence-corrected chi connectivity index (χ0v) is 13.6. The number of rotatable bonds is 4. The normalized spacial score (nSPS) is 16.0. The number of benzene rings is 1. The van der Waals surface area contributed by atoms with Crippen LogP contribution in [0.3, 0.4) is 0 Å². The number of amides is 1. The molecule has 0 saturated carbocycles. The molecule has 24 heavy (non-hydrogen) atoms. The molecule has 1 saturated heterocycles. The molecule has 2 aromatic rings. The molecule has 0 unspecified atom stereocenters. The van der Waals surface area contributed by atoms with Crippen LogP contribution < -0.4 is 5.32 Å². The summed E-state index contributed by atoms with van der Waals surface area (Å²) in [5.74, 6) is 0.0394. The van der Waals surface area contributed by atoms with Crippen molar-refractivity contribution in [1.29, 1.82) is 0 Å². The number of carboxylic acids is 1. The molecular formula is C15H10ClN3O4S. The first-order valence-corrected chi connectivity index (χ1v) is 8.06. The molecule has 1 aliphatic heterocycles. The number of carbonyl (C=O) groups excluding carboxylic acids is 1. The number of nitrogens with one attached hydrogen (secondary N) is 1. The maximum Gasteiger partial charge on any atom is 0.337 e. The van der Waals surface area contributed by atoms with Gasteiger partial charge in [-0.25, -0.2) is 4.79 Å². The van der Waals surface area contributed by atoms with E-state index in [4.69, 9.17) is 21.1 Å². The number of thioether (sulfide) groups is 1. The topological polar surface area (TPSA) is 104 Å². The maximum absolute atomic E-state index is 11.1. The number of halogens is 1. The van der Waals surface area contributed by atoms with E-state index in [0.717, 1.165) is 0 Å². The Labute approximate surface area is 145 Å². The second-order valence-electron chi connectivity index (χ2n) is 4.69. The molecule has 1 aliphatic rings. The summed E-state index contributed by atoms with van der Waals surface area (Å²) in [7, 11) is 0. The minimum Gasteiger partial charge on any atom is -0.478 e. The number of hydrogen-bond donors (Lipinski definition) is 2. The first-order valence-electron chi connectivity index (χ1n) is 6.69. The summed E-state index contributed by atoms with van der Waals surface area (Å²) >= 11 is 7.12. The number of amidine groups is 1. The fourth-order valence-corrected chi connectivity index (χ4v) is 2.77. The standard InChI is InChI=1S/C15H10ClN3O4S/c16-11-3-1-8(5-10(11)14(21)22)12-4-2-9(23-12)6-17-19-15-18-13(20)7-24-15/h1-6H,7H2,(H,21,22)(H,18,19,20)/b17-6-. The molecule has 2 N–H and O–H groups in total. The predicted octanol–water partition coefficient (Wildman–Crippen LogP) is 2.85. The van der Waals surface area contributed by atoms with E-state index in [-0.39, 0.29) is 16.5 Å². The lowest BCUT2D eigenvalue weighted by atomic mass is 10.1. The van der Waals surface area contributed by atoms with E-state index in [1.807, 2.05) is 0 Å². The molecule has 0 bridgehead atoms. The summed E-state index contributed by atoms with van der Waals surface area (Å²) in [6, 6.07) is 7.97. The lowest BCUT2D eigenvalue weighted by Gasteiger charge is -2.01. The Bertz CT molecular complexity index is 875. The van der Waals surface area contributed by atoms with Crippen LogP contribution in [0.15, 0.2) is 45.0 Å². The average molecular weight is 364 g/mol. The van der Waals surface area contributed by atoms with Crippen molar-refractivity contribution in [3.05, 3.63) is 46.7 Å². The van der Waals surface area contributed by atoms with Crippen LogP contribution in [0.2, 0.25) is 5.02 Å². The lowest BCUT2D eigenvalue weighted by Crippen LogP contribution is -2.19. The Morgan fingerprint density at radius 1 is 1.38 bits per heavy atom. The molecule has 0 radical (unpaired) electrons. The van der Waals surface area contributed by atoms with Gasteiger partial charge in [0.05, 0.1) is 22.6 Å². The first kappa shape index (κ1) is 16.3. The van der Waals surface area contributed by atoms with Crippen molar-refractivity contribution >= 4 is 46.6 Å². The van der Waals surface area contributed by atoms with Crippen molar-refractivity contribution < 1.29 is 19.1 Å². The molecule has 1 aromatic carbocycles. The van der Waals surface area contributed by atoms with Gasteiger partial charge in [0, 0.05) is 5.56 Å². The predicted molar refractivity (Wildman–Crippen MR) is 91.7 cm³/mol. The van der Waals surface area contributed by atoms with Crippen molar-refractivity contribution in [2.75, 3.05) is 5.75 Å². The molecular weight excluding hydrogens is 354 g/mol. The number of carbonyl (C=O) groups is 2. The minimum absolute atomic E-state index is 0.00110. The van der Waals surface area contributed by atoms with E-state index < -0.39 is 5.97 Å². The molecule has 0 atom stereocenters. The van der Waals surface area contributed by atoms with Crippen molar-refractivity contribution in [2.45, 2.75) is 0 Å². The Hall–Kier alpha value is -2.58. The highest BCUT2D eigenvalue weighted by Crippen LogP contribution is 2.26. The third-order valence-electron chi connectivity index (χ3n) is 3.03. The smallest absolute Gasteiger partial charge is 0.337 e. The second-order valence-corrected chi connectivity index (χ2v) is 6.06. The van der Waals surface area contributed by atoms with Crippen LogP contribution in [-0.2, 0) is 4.79 Å². The van der Waals surface area contributed by atoms with Crippen LogP contribution in [0.4, 0.5) is 0 Å². The zero-order valence-electron chi connectivity index (χ0n) is 12.0. The Kier molecular flexibility index (Phi) is 4.68. The van der Waals surface area contributed by atoms with E-state index in [9.17, 15) is 9.59 Å². The highest BCUT2D eigenvalue weighted by atomic mass is 35.5. The van der Waals surface area contributed by atoms with Gasteiger partial charge < -0.3 is 14.8 Å². The highest BCUT2D eigenvalue weighted by Gasteiger charge is 2.16. The van der Waals surface area contributed by atoms with Crippen molar-refractivity contribution in [2.24, 2.45) is 10.2 Å². The summed E-state index contributed by atoms with van der Waals surface area (Å²) in [5, 5.41) is 20.0. The van der Waals surface area contributed by atoms with Gasteiger partial charge in [0.25, 0.3) is 0 Å². The molecule has 1 fully saturated rings. The molecule has 0 aliphatic carbocycles. The lowest BCUT2D eigenvalue weighted by molar-refractivity contribution is -0.116. The maximum atomic E-state index is 11.1. The monoisotopic (exact) mass is 363 g/mol. The number of hydrogen-bond acceptors (Lipinski definition) is 6. The van der Waals surface area contributed by atoms with Gasteiger partial charge in [0.2, 0.25) is 5.91 Å². The quantitative estimate of drug-likeness (QED) is 0.642. The van der Waals surface area contributed by atoms with Gasteiger partial charge in [-0.1, -0.05) is 23.4 Å². The zero-order chi connectivity index (χ0) is 17.1. The van der Waals surface area contributed by atoms with Gasteiger partial charge in [-0.2, -0.15) is 5.10 Å². The summed E-state index contributed by atoms with van der Waals surface area (Å²) in [6.07, 6.45) is 1.40. The van der Waals surface area contributed by atoms with Gasteiger partial charge in [0.15, 0.2) is 5.17 Å². The van der Waals surface area contributed by atoms with Crippen molar-refractivity contribution in [1.82, 2.24) is 5.32 Å². The average Bonchev–Trinajstić information content (AvgIpc) is 3.17. The van der Waals surface area contributed by atoms with Gasteiger partial charge in [-0.15, -0.1) is 5.10 Å². The number of nitrogens with zero attached hydrogens (tertiary/aromatic N) is 2. The fraction of sp³-hybridized carbons (Fsp3) is 0.0667. The highest BCUT2D eigenvalue weighted by molar-refractivity contribution is 8.15. The van der Waals surface area contributed by atoms with E-state index in [1.54, 1.807) is 18.2 Å². The summed E-state index contributed by atoms with van der Waals surface area (Å²) in [5.41, 5.74) is 0.586. The SMILES string of the molecule is O=C1CS/C(=N/N=C\c2ccc(-c3ccc(Cl)c(C(=O)O)c3)o2)N1. The molecule has 0 spiro atoms. The largest absolute Gasteiger partial charge is 0.478 e. The Balaban J connectivity index is 1.77. The summed E-state index contributed by atoms with van der Waals surface area (Å²) in [6.45, 7) is 0. The number of aromatic carboxylic acids is 1. The van der Waals surface area contributed by atoms with Gasteiger partial charge in [-0.3, -0.25) is 4.79 Å². The molecule has 7 nitrogen and oxygen atoms in total. The van der Waals surface area contributed by atoms with Crippen molar-refractivity contribution in [3.8, 4) is 11.3 Å². The first-order chi connectivity index (χ1) is 11.5. The Morgan fingerprint density at radius 3 is 2.92 bits per heavy atom. The third kappa shape index (κ3) is 3.66. The van der Waals surface area contributed by atoms with Crippen LogP contribution >= 0.6 is 23.4 Å². The molecule has 9 heteroatoms. The molecule has 1 aromatic heterocycles. The molecule has 3 rings (SSSR count). The number of carboxylic acid groups (broad SMARTS) is 1. The van der Waals surface area contributed by atoms with Gasteiger partial charge in [0.1, 0.15) is 11.5 Å². The van der Waals surface area contributed by atoms with Crippen molar-refractivity contribution in [3.63, 3.8) is 0 Å². The van der Waals surface area contributed by atoms with Crippen LogP contribution in [0.25, 0.3) is 11.3 Å². The van der Waals surface area contributed by atoms with Crippen LogP contribution in [0.1, 0.15) is 16.1 Å². The fourth-order valence-electron chi connectivity index (χ4n) is 1.94. The molecule has 122 valence electrons. The van der Waals surface area contributed by atoms with Crippen LogP contribution in [0, 0.1) is 0 Å². The number of furan rings is 1. The molecule has 1 amide bonds. The van der Waals surface area contributed by atoms with Crippen LogP contribution in [-0.4, -0.2) is 34.1 Å². The third-order valence-corrected chi connectivity index (χ3v) is 4.22. The second kappa shape index (κ2) is 6.90. The van der Waals surface area contributed by atoms with E-state index in [0.29, 0.717) is 28.0 Å². The summed E-state index contributed by atoms with van der Waals surface area (Å²) < 4.78 is 5.58. The molecule has 2 heterocycles. The summed E-state index contributed by atoms with van der Waals surface area (Å²) in [4.78, 5) is 22.1. The van der Waals surface area contributed by atoms with Gasteiger partial charge >= 0.3 is 5.97 Å². The van der Waals surface area contributed by atoms with E-state index in [1.165, 1.54) is 30.1 Å². The van der Waals surface area contributed by atoms with E-state index >= 15 is 0 Å². The minimum atomic E-state index is -1.11. The van der Waals surface area contributed by atoms with Crippen LogP contribution in [0.5, 0.6) is 0 Å². The van der Waals surface area contributed by atoms with E-state index in [2.05, 4.69) is 15.5 Å². The van der Waals surface area contributed by atoms with Gasteiger partial charge in [-0.05, 0) is 30.3 Å². The Morgan fingerprint density at radius 2 is 2.21 bits per heavy atom.